The number of aryl methyl sites for hydroxylation is 1. The number of aromatic nitrogens is 4. The number of carbonyl (C=O) groups excluding carboxylic acids is 1. The predicted molar refractivity (Wildman–Crippen MR) is 121 cm³/mol. The van der Waals surface area contributed by atoms with Crippen molar-refractivity contribution < 1.29 is 14.3 Å². The minimum absolute atomic E-state index is 0.0760. The molecule has 0 spiro atoms. The topological polar surface area (TPSA) is 97.3 Å². The highest BCUT2D eigenvalue weighted by Gasteiger charge is 2.60. The van der Waals surface area contributed by atoms with E-state index < -0.39 is 0 Å². The molecule has 1 unspecified atom stereocenters. The van der Waals surface area contributed by atoms with Crippen molar-refractivity contribution >= 4 is 17.5 Å². The highest BCUT2D eigenvalue weighted by molar-refractivity contribution is 7.99. The van der Waals surface area contributed by atoms with Crippen LogP contribution in [0.5, 0.6) is 5.75 Å². The van der Waals surface area contributed by atoms with Crippen LogP contribution in [0.25, 0.3) is 11.6 Å². The molecule has 2 atom stereocenters. The van der Waals surface area contributed by atoms with Crippen molar-refractivity contribution in [1.82, 2.24) is 24.6 Å². The molecule has 0 radical (unpaired) electrons. The third kappa shape index (κ3) is 3.63. The monoisotopic (exact) mass is 453 g/mol. The van der Waals surface area contributed by atoms with Gasteiger partial charge in [0.25, 0.3) is 0 Å². The number of Topliss-reactive ketones (excluding diaryl/α,β-unsaturated/α-hetero) is 1. The number of phenolic OH excluding ortho intramolecular Hbond substituents is 1. The van der Waals surface area contributed by atoms with E-state index in [1.165, 1.54) is 25.3 Å². The fourth-order valence-corrected chi connectivity index (χ4v) is 5.77. The molecule has 32 heavy (non-hydrogen) atoms. The largest absolute Gasteiger partial charge is 0.507 e. The number of piperidine rings is 1. The zero-order valence-corrected chi connectivity index (χ0v) is 19.4. The van der Waals surface area contributed by atoms with E-state index in [1.54, 1.807) is 17.8 Å². The number of oxazole rings is 1. The van der Waals surface area contributed by atoms with E-state index in [1.807, 2.05) is 30.7 Å². The maximum absolute atomic E-state index is 11.8. The van der Waals surface area contributed by atoms with E-state index in [-0.39, 0.29) is 16.9 Å². The van der Waals surface area contributed by atoms with Crippen LogP contribution in [0.2, 0.25) is 0 Å². The second-order valence-electron chi connectivity index (χ2n) is 8.91. The zero-order chi connectivity index (χ0) is 22.5. The van der Waals surface area contributed by atoms with E-state index in [0.29, 0.717) is 23.1 Å². The molecular formula is C23H27N5O3S. The third-order valence-electron chi connectivity index (χ3n) is 6.80. The van der Waals surface area contributed by atoms with Gasteiger partial charge < -0.3 is 19.0 Å². The summed E-state index contributed by atoms with van der Waals surface area (Å²) in [7, 11) is 1.95. The molecule has 1 N–H and O–H groups in total. The van der Waals surface area contributed by atoms with Crippen molar-refractivity contribution in [1.29, 1.82) is 0 Å². The average molecular weight is 454 g/mol. The molecule has 0 amide bonds. The number of aromatic hydroxyl groups is 1. The number of likely N-dealkylation sites (tertiary alicyclic amines) is 1. The van der Waals surface area contributed by atoms with Crippen molar-refractivity contribution in [3.05, 3.63) is 41.4 Å². The van der Waals surface area contributed by atoms with Crippen LogP contribution >= 0.6 is 11.8 Å². The minimum atomic E-state index is -0.0877. The van der Waals surface area contributed by atoms with Gasteiger partial charge in [0.15, 0.2) is 23.1 Å². The third-order valence-corrected chi connectivity index (χ3v) is 7.91. The van der Waals surface area contributed by atoms with Crippen LogP contribution in [0.3, 0.4) is 0 Å². The summed E-state index contributed by atoms with van der Waals surface area (Å²) < 4.78 is 7.40. The van der Waals surface area contributed by atoms with Gasteiger partial charge >= 0.3 is 0 Å². The van der Waals surface area contributed by atoms with Gasteiger partial charge in [0.1, 0.15) is 5.75 Å². The van der Waals surface area contributed by atoms with Gasteiger partial charge in [-0.25, -0.2) is 4.98 Å². The second-order valence-corrected chi connectivity index (χ2v) is 9.98. The number of fused-ring (bicyclic) bond motifs is 1. The molecule has 5 rings (SSSR count). The summed E-state index contributed by atoms with van der Waals surface area (Å²) in [5.41, 5.74) is 2.58. The van der Waals surface area contributed by atoms with Crippen molar-refractivity contribution in [2.24, 2.45) is 13.0 Å². The highest BCUT2D eigenvalue weighted by atomic mass is 32.2. The van der Waals surface area contributed by atoms with Crippen LogP contribution in [0, 0.1) is 12.8 Å². The molecule has 0 bridgehead atoms. The number of rotatable bonds is 8. The fraction of sp³-hybridized carbons (Fsp3) is 0.478. The van der Waals surface area contributed by atoms with Crippen LogP contribution in [-0.4, -0.2) is 60.9 Å². The van der Waals surface area contributed by atoms with Crippen LogP contribution < -0.4 is 0 Å². The number of ketones is 1. The Morgan fingerprint density at radius 3 is 2.97 bits per heavy atom. The Balaban J connectivity index is 1.15. The minimum Gasteiger partial charge on any atom is -0.507 e. The number of hydrogen-bond acceptors (Lipinski definition) is 8. The number of thioether (sulfide) groups is 1. The first-order valence-electron chi connectivity index (χ1n) is 10.9. The Morgan fingerprint density at radius 1 is 1.38 bits per heavy atom. The number of hydrogen-bond donors (Lipinski definition) is 1. The quantitative estimate of drug-likeness (QED) is 0.315. The van der Waals surface area contributed by atoms with Gasteiger partial charge in [-0.1, -0.05) is 17.8 Å². The first kappa shape index (κ1) is 21.2. The first-order valence-corrected chi connectivity index (χ1v) is 11.9. The predicted octanol–water partition coefficient (Wildman–Crippen LogP) is 3.44. The van der Waals surface area contributed by atoms with Gasteiger partial charge in [-0.05, 0) is 56.8 Å². The normalized spacial score (nSPS) is 22.3. The van der Waals surface area contributed by atoms with E-state index >= 15 is 0 Å². The summed E-state index contributed by atoms with van der Waals surface area (Å²) in [6.07, 6.45) is 3.66. The lowest BCUT2D eigenvalue weighted by molar-refractivity contribution is 0.101. The standard InChI is InChI=1S/C23H27N5O3S/c1-14-20(31-13-24-14)21-25-26-22(27(21)3)32-8-4-7-28-11-17-10-23(17,12-28)16-5-6-19(30)18(9-16)15(2)29/h5-6,9,13,17,30H,4,7-8,10-12H2,1-3H3/t17-,23?/m1/s1. The molecule has 168 valence electrons. The summed E-state index contributed by atoms with van der Waals surface area (Å²) in [5, 5.41) is 19.4. The van der Waals surface area contributed by atoms with E-state index in [9.17, 15) is 9.90 Å². The molecule has 1 saturated carbocycles. The molecule has 8 nitrogen and oxygen atoms in total. The van der Waals surface area contributed by atoms with Crippen LogP contribution in [0.15, 0.2) is 34.2 Å². The molecule has 3 heterocycles. The van der Waals surface area contributed by atoms with Crippen molar-refractivity contribution in [2.75, 3.05) is 25.4 Å². The Morgan fingerprint density at radius 2 is 2.22 bits per heavy atom. The summed E-state index contributed by atoms with van der Waals surface area (Å²) in [6.45, 7) is 6.55. The number of benzene rings is 1. The van der Waals surface area contributed by atoms with E-state index in [0.717, 1.165) is 42.7 Å². The van der Waals surface area contributed by atoms with Crippen molar-refractivity contribution in [3.63, 3.8) is 0 Å². The van der Waals surface area contributed by atoms with Gasteiger partial charge in [-0.2, -0.15) is 0 Å². The smallest absolute Gasteiger partial charge is 0.202 e. The van der Waals surface area contributed by atoms with Crippen LogP contribution in [-0.2, 0) is 12.5 Å². The summed E-state index contributed by atoms with van der Waals surface area (Å²) in [4.78, 5) is 18.5. The van der Waals surface area contributed by atoms with Gasteiger partial charge in [0, 0.05) is 31.3 Å². The van der Waals surface area contributed by atoms with Crippen LogP contribution in [0.1, 0.15) is 41.4 Å². The fourth-order valence-electron chi connectivity index (χ4n) is 4.94. The Bertz CT molecular complexity index is 1170. The Kier molecular flexibility index (Phi) is 5.33. The zero-order valence-electron chi connectivity index (χ0n) is 18.5. The SMILES string of the molecule is CC(=O)c1cc(C23C[C@@H]2CN(CCCSc2nnc(-c4ocnc4C)n2C)C3)ccc1O. The Labute approximate surface area is 191 Å². The molecular weight excluding hydrogens is 426 g/mol. The van der Waals surface area contributed by atoms with Gasteiger partial charge in [0.2, 0.25) is 5.82 Å². The van der Waals surface area contributed by atoms with Crippen LogP contribution in [0.4, 0.5) is 0 Å². The van der Waals surface area contributed by atoms with Crippen molar-refractivity contribution in [2.45, 2.75) is 37.3 Å². The molecule has 1 saturated heterocycles. The maximum Gasteiger partial charge on any atom is 0.202 e. The Hall–Kier alpha value is -2.65. The lowest BCUT2D eigenvalue weighted by Crippen LogP contribution is -2.28. The molecule has 2 aromatic heterocycles. The van der Waals surface area contributed by atoms with Gasteiger partial charge in [0.05, 0.1) is 11.3 Å². The molecule has 3 aromatic rings. The summed E-state index contributed by atoms with van der Waals surface area (Å²) in [6, 6.07) is 5.56. The number of nitrogens with zero attached hydrogens (tertiary/aromatic N) is 5. The molecule has 1 aromatic carbocycles. The molecule has 2 aliphatic rings. The lowest BCUT2D eigenvalue weighted by atomic mass is 9.92. The van der Waals surface area contributed by atoms with Gasteiger partial charge in [-0.15, -0.1) is 10.2 Å². The highest BCUT2D eigenvalue weighted by Crippen LogP contribution is 2.59. The average Bonchev–Trinajstić information content (AvgIpc) is 3.06. The summed E-state index contributed by atoms with van der Waals surface area (Å²) in [5.74, 6) is 2.95. The number of carbonyl (C=O) groups is 1. The second kappa shape index (κ2) is 8.04. The van der Waals surface area contributed by atoms with E-state index in [2.05, 4.69) is 20.1 Å². The molecule has 2 fully saturated rings. The van der Waals surface area contributed by atoms with E-state index in [4.69, 9.17) is 4.42 Å². The maximum atomic E-state index is 11.8. The van der Waals surface area contributed by atoms with Crippen molar-refractivity contribution in [3.8, 4) is 17.3 Å². The van der Waals surface area contributed by atoms with Gasteiger partial charge in [-0.3, -0.25) is 4.79 Å². The summed E-state index contributed by atoms with van der Waals surface area (Å²) >= 11 is 1.70. The first-order chi connectivity index (χ1) is 15.4. The molecule has 1 aliphatic carbocycles. The number of phenols is 1. The molecule has 9 heteroatoms. The lowest BCUT2D eigenvalue weighted by Gasteiger charge is -2.21. The molecule has 1 aliphatic heterocycles.